The van der Waals surface area contributed by atoms with Crippen molar-refractivity contribution in [3.8, 4) is 0 Å². The van der Waals surface area contributed by atoms with Crippen molar-refractivity contribution < 1.29 is 19.0 Å². The topological polar surface area (TPSA) is 47.9 Å². The van der Waals surface area contributed by atoms with Gasteiger partial charge in [0.15, 0.2) is 8.32 Å². The SMILES string of the molecule is CC[Si](CC)(CC)O[C@@H]1C=CO[C@H](COCc2ccccc2)[C@H]1O. The van der Waals surface area contributed by atoms with Crippen molar-refractivity contribution in [1.82, 2.24) is 0 Å². The van der Waals surface area contributed by atoms with Crippen LogP contribution in [0.3, 0.4) is 0 Å². The number of hydrogen-bond donors (Lipinski definition) is 1. The van der Waals surface area contributed by atoms with Crippen molar-refractivity contribution in [2.24, 2.45) is 0 Å². The van der Waals surface area contributed by atoms with Gasteiger partial charge in [-0.2, -0.15) is 0 Å². The van der Waals surface area contributed by atoms with Gasteiger partial charge >= 0.3 is 0 Å². The lowest BCUT2D eigenvalue weighted by Gasteiger charge is -2.38. The molecular weight excluding hydrogens is 320 g/mol. The molecule has 1 aliphatic rings. The molecule has 0 saturated heterocycles. The van der Waals surface area contributed by atoms with Crippen molar-refractivity contribution in [1.29, 1.82) is 0 Å². The van der Waals surface area contributed by atoms with Gasteiger partial charge in [0.05, 0.1) is 25.6 Å². The van der Waals surface area contributed by atoms with E-state index >= 15 is 0 Å². The van der Waals surface area contributed by atoms with Gasteiger partial charge in [-0.3, -0.25) is 0 Å². The van der Waals surface area contributed by atoms with Crippen molar-refractivity contribution in [2.75, 3.05) is 6.61 Å². The molecule has 1 aliphatic heterocycles. The predicted octanol–water partition coefficient (Wildman–Crippen LogP) is 3.87. The molecule has 24 heavy (non-hydrogen) atoms. The lowest BCUT2D eigenvalue weighted by Crippen LogP contribution is -2.50. The predicted molar refractivity (Wildman–Crippen MR) is 98.2 cm³/mol. The molecule has 0 bridgehead atoms. The molecule has 0 spiro atoms. The molecule has 1 N–H and O–H groups in total. The van der Waals surface area contributed by atoms with Gasteiger partial charge in [0.2, 0.25) is 0 Å². The molecule has 3 atom stereocenters. The lowest BCUT2D eigenvalue weighted by molar-refractivity contribution is -0.0917. The molecule has 0 unspecified atom stereocenters. The van der Waals surface area contributed by atoms with Gasteiger partial charge in [-0.05, 0) is 29.8 Å². The minimum Gasteiger partial charge on any atom is -0.493 e. The molecule has 5 heteroatoms. The maximum atomic E-state index is 10.6. The summed E-state index contributed by atoms with van der Waals surface area (Å²) in [5.41, 5.74) is 1.11. The number of benzene rings is 1. The number of aliphatic hydroxyl groups is 1. The zero-order valence-electron chi connectivity index (χ0n) is 15.0. The van der Waals surface area contributed by atoms with Crippen molar-refractivity contribution in [3.05, 3.63) is 48.2 Å². The maximum absolute atomic E-state index is 10.6. The molecule has 1 aromatic carbocycles. The number of rotatable bonds is 9. The van der Waals surface area contributed by atoms with E-state index in [2.05, 4.69) is 20.8 Å². The summed E-state index contributed by atoms with van der Waals surface area (Å²) >= 11 is 0. The first-order valence-corrected chi connectivity index (χ1v) is 11.5. The Balaban J connectivity index is 1.88. The largest absolute Gasteiger partial charge is 0.493 e. The molecule has 1 heterocycles. The van der Waals surface area contributed by atoms with Crippen LogP contribution in [0.15, 0.2) is 42.7 Å². The van der Waals surface area contributed by atoms with Crippen LogP contribution in [-0.4, -0.2) is 38.3 Å². The first-order chi connectivity index (χ1) is 11.6. The van der Waals surface area contributed by atoms with E-state index in [-0.39, 0.29) is 12.2 Å². The smallest absolute Gasteiger partial charge is 0.193 e. The zero-order valence-corrected chi connectivity index (χ0v) is 16.0. The Kier molecular flexibility index (Phi) is 7.49. The minimum absolute atomic E-state index is 0.296. The van der Waals surface area contributed by atoms with Crippen LogP contribution in [0.25, 0.3) is 0 Å². The van der Waals surface area contributed by atoms with E-state index in [1.807, 2.05) is 36.4 Å². The molecule has 0 amide bonds. The summed E-state index contributed by atoms with van der Waals surface area (Å²) in [7, 11) is -1.77. The Bertz CT molecular complexity index is 493. The monoisotopic (exact) mass is 350 g/mol. The first kappa shape index (κ1) is 19.2. The van der Waals surface area contributed by atoms with E-state index in [1.54, 1.807) is 6.26 Å². The van der Waals surface area contributed by atoms with E-state index in [0.717, 1.165) is 23.7 Å². The van der Waals surface area contributed by atoms with Crippen molar-refractivity contribution >= 4 is 8.32 Å². The Hall–Kier alpha value is -1.14. The van der Waals surface area contributed by atoms with E-state index in [0.29, 0.717) is 13.2 Å². The Labute approximate surface area is 146 Å². The normalized spacial score (nSPS) is 23.9. The van der Waals surface area contributed by atoms with Crippen LogP contribution in [0.4, 0.5) is 0 Å². The molecule has 134 valence electrons. The van der Waals surface area contributed by atoms with E-state index in [1.165, 1.54) is 0 Å². The van der Waals surface area contributed by atoms with Crippen molar-refractivity contribution in [3.63, 3.8) is 0 Å². The third-order valence-corrected chi connectivity index (χ3v) is 9.59. The maximum Gasteiger partial charge on any atom is 0.193 e. The molecule has 0 fully saturated rings. The van der Waals surface area contributed by atoms with Gasteiger partial charge in [-0.15, -0.1) is 0 Å². The second-order valence-corrected chi connectivity index (χ2v) is 11.0. The fourth-order valence-corrected chi connectivity index (χ4v) is 5.83. The third-order valence-electron chi connectivity index (χ3n) is 4.95. The lowest BCUT2D eigenvalue weighted by atomic mass is 10.1. The van der Waals surface area contributed by atoms with Gasteiger partial charge in [0, 0.05) is 0 Å². The fraction of sp³-hybridized carbons (Fsp3) is 0.579. The number of aliphatic hydroxyl groups excluding tert-OH is 1. The minimum atomic E-state index is -1.77. The fourth-order valence-electron chi connectivity index (χ4n) is 3.03. The van der Waals surface area contributed by atoms with Crippen LogP contribution in [0.5, 0.6) is 0 Å². The summed E-state index contributed by atoms with van der Waals surface area (Å²) in [4.78, 5) is 0. The van der Waals surface area contributed by atoms with Gasteiger partial charge < -0.3 is 19.0 Å². The molecule has 1 aromatic rings. The second kappa shape index (κ2) is 9.37. The summed E-state index contributed by atoms with van der Waals surface area (Å²) < 4.78 is 17.7. The molecular formula is C19H30O4Si. The highest BCUT2D eigenvalue weighted by atomic mass is 28.4. The summed E-state index contributed by atoms with van der Waals surface area (Å²) in [5.74, 6) is 0. The average molecular weight is 351 g/mol. The van der Waals surface area contributed by atoms with Gasteiger partial charge in [0.1, 0.15) is 12.2 Å². The average Bonchev–Trinajstić information content (AvgIpc) is 2.63. The van der Waals surface area contributed by atoms with Crippen LogP contribution >= 0.6 is 0 Å². The summed E-state index contributed by atoms with van der Waals surface area (Å²) in [6.45, 7) is 7.43. The van der Waals surface area contributed by atoms with Gasteiger partial charge in [-0.25, -0.2) is 0 Å². The van der Waals surface area contributed by atoms with Crippen LogP contribution < -0.4 is 0 Å². The summed E-state index contributed by atoms with van der Waals surface area (Å²) in [5, 5.41) is 10.6. The summed E-state index contributed by atoms with van der Waals surface area (Å²) in [6.07, 6.45) is 2.11. The Morgan fingerprint density at radius 1 is 1.08 bits per heavy atom. The van der Waals surface area contributed by atoms with Gasteiger partial charge in [-0.1, -0.05) is 51.1 Å². The van der Waals surface area contributed by atoms with E-state index in [4.69, 9.17) is 13.9 Å². The second-order valence-electron chi connectivity index (χ2n) is 6.32. The highest BCUT2D eigenvalue weighted by Crippen LogP contribution is 2.27. The van der Waals surface area contributed by atoms with Crippen LogP contribution in [0.1, 0.15) is 26.3 Å². The third kappa shape index (κ3) is 4.93. The van der Waals surface area contributed by atoms with Crippen LogP contribution in [-0.2, 0) is 20.5 Å². The number of hydrogen-bond acceptors (Lipinski definition) is 4. The molecule has 4 nitrogen and oxygen atoms in total. The number of ether oxygens (including phenoxy) is 2. The van der Waals surface area contributed by atoms with Crippen LogP contribution in [0, 0.1) is 0 Å². The quantitative estimate of drug-likeness (QED) is 0.687. The zero-order chi connectivity index (χ0) is 17.4. The first-order valence-electron chi connectivity index (χ1n) is 8.93. The molecule has 0 saturated carbocycles. The molecule has 2 rings (SSSR count). The Morgan fingerprint density at radius 2 is 1.75 bits per heavy atom. The molecule has 0 aliphatic carbocycles. The Morgan fingerprint density at radius 3 is 2.38 bits per heavy atom. The van der Waals surface area contributed by atoms with Crippen LogP contribution in [0.2, 0.25) is 18.1 Å². The van der Waals surface area contributed by atoms with E-state index < -0.39 is 14.4 Å². The molecule has 0 aromatic heterocycles. The van der Waals surface area contributed by atoms with E-state index in [9.17, 15) is 5.11 Å². The standard InChI is InChI=1S/C19H30O4Si/c1-4-24(5-2,6-3)23-17-12-13-22-18(19(17)20)15-21-14-16-10-8-7-9-11-16/h7-13,17-20H,4-6,14-15H2,1-3H3/t17-,18-,19+/m1/s1. The summed E-state index contributed by atoms with van der Waals surface area (Å²) in [6, 6.07) is 13.2. The highest BCUT2D eigenvalue weighted by Gasteiger charge is 2.38. The highest BCUT2D eigenvalue weighted by molar-refractivity contribution is 6.73. The molecule has 0 radical (unpaired) electrons. The van der Waals surface area contributed by atoms with Crippen molar-refractivity contribution in [2.45, 2.75) is 63.8 Å². The van der Waals surface area contributed by atoms with Gasteiger partial charge in [0.25, 0.3) is 0 Å².